The van der Waals surface area contributed by atoms with Crippen LogP contribution in [0.15, 0.2) is 54.6 Å². The Hall–Kier alpha value is -2.17. The molecular weight excluding hydrogens is 326 g/mol. The van der Waals surface area contributed by atoms with Gasteiger partial charge in [-0.2, -0.15) is 0 Å². The molecule has 2 aromatic rings. The maximum atomic E-state index is 13.2. The maximum Gasteiger partial charge on any atom is 0.235 e. The number of hydrogen-bond donors (Lipinski definition) is 3. The van der Waals surface area contributed by atoms with E-state index in [1.54, 1.807) is 0 Å². The van der Waals surface area contributed by atoms with Crippen LogP contribution in [0.25, 0.3) is 0 Å². The van der Waals surface area contributed by atoms with E-state index in [-0.39, 0.29) is 24.3 Å². The minimum atomic E-state index is -0.891. The number of carbonyl (C=O) groups excluding carboxylic acids is 1. The average molecular weight is 351 g/mol. The van der Waals surface area contributed by atoms with Gasteiger partial charge in [0.25, 0.3) is 0 Å². The highest BCUT2D eigenvalue weighted by atomic mass is 16.3. The lowest BCUT2D eigenvalue weighted by molar-refractivity contribution is -0.125. The first kappa shape index (κ1) is 17.3. The second kappa shape index (κ2) is 6.86. The lowest BCUT2D eigenvalue weighted by Gasteiger charge is -2.45. The quantitative estimate of drug-likeness (QED) is 0.792. The van der Waals surface area contributed by atoms with Crippen LogP contribution in [0.2, 0.25) is 0 Å². The zero-order valence-electron chi connectivity index (χ0n) is 14.8. The third kappa shape index (κ3) is 2.56. The predicted octanol–water partition coefficient (Wildman–Crippen LogP) is 3.20. The van der Waals surface area contributed by atoms with E-state index in [2.05, 4.69) is 5.32 Å². The third-order valence-corrected chi connectivity index (χ3v) is 6.25. The van der Waals surface area contributed by atoms with Crippen LogP contribution < -0.4 is 5.32 Å². The SMILES string of the molecule is O=C1Nc2ccccc2C12CCCCC2[C@@H](c1ccccc1)[C@H](O)CO. The molecule has 1 amide bonds. The first-order chi connectivity index (χ1) is 12.7. The van der Waals surface area contributed by atoms with Crippen LogP contribution in [-0.4, -0.2) is 28.8 Å². The number of rotatable bonds is 4. The van der Waals surface area contributed by atoms with Crippen LogP contribution in [-0.2, 0) is 10.2 Å². The number of carbonyl (C=O) groups is 1. The molecule has 4 rings (SSSR count). The predicted molar refractivity (Wildman–Crippen MR) is 101 cm³/mol. The maximum absolute atomic E-state index is 13.2. The van der Waals surface area contributed by atoms with Crippen LogP contribution >= 0.6 is 0 Å². The molecule has 4 nitrogen and oxygen atoms in total. The second-order valence-electron chi connectivity index (χ2n) is 7.51. The number of aliphatic hydroxyl groups is 2. The molecule has 1 saturated carbocycles. The van der Waals surface area contributed by atoms with E-state index >= 15 is 0 Å². The Balaban J connectivity index is 1.86. The van der Waals surface area contributed by atoms with E-state index in [4.69, 9.17) is 0 Å². The van der Waals surface area contributed by atoms with Crippen LogP contribution in [0.1, 0.15) is 42.7 Å². The molecule has 1 aliphatic carbocycles. The van der Waals surface area contributed by atoms with Crippen LogP contribution in [0, 0.1) is 5.92 Å². The van der Waals surface area contributed by atoms with Gasteiger partial charge in [-0.05, 0) is 36.0 Å². The van der Waals surface area contributed by atoms with Gasteiger partial charge >= 0.3 is 0 Å². The summed E-state index contributed by atoms with van der Waals surface area (Å²) in [6.45, 7) is -0.310. The van der Waals surface area contributed by atoms with Crippen molar-refractivity contribution in [3.05, 3.63) is 65.7 Å². The summed E-state index contributed by atoms with van der Waals surface area (Å²) in [6.07, 6.45) is 2.77. The summed E-state index contributed by atoms with van der Waals surface area (Å²) < 4.78 is 0. The molecular formula is C22H25NO3. The van der Waals surface area contributed by atoms with Crippen molar-refractivity contribution in [3.63, 3.8) is 0 Å². The molecule has 1 fully saturated rings. The number of anilines is 1. The molecule has 4 heteroatoms. The standard InChI is InChI=1S/C22H25NO3/c24-14-19(25)20(15-8-2-1-3-9-15)17-11-6-7-13-22(17)16-10-4-5-12-18(16)23-21(22)26/h1-5,8-10,12,17,19-20,24-25H,6-7,11,13-14H2,(H,23,26)/t17?,19-,20-,22?/m1/s1. The number of hydrogen-bond acceptors (Lipinski definition) is 3. The van der Waals surface area contributed by atoms with Gasteiger partial charge in [-0.1, -0.05) is 61.4 Å². The van der Waals surface area contributed by atoms with E-state index in [0.717, 1.165) is 42.5 Å². The highest BCUT2D eigenvalue weighted by Gasteiger charge is 2.56. The molecule has 1 heterocycles. The van der Waals surface area contributed by atoms with Crippen LogP contribution in [0.3, 0.4) is 0 Å². The van der Waals surface area contributed by atoms with E-state index < -0.39 is 11.5 Å². The minimum absolute atomic E-state index is 0.0365. The largest absolute Gasteiger partial charge is 0.394 e. The molecule has 0 aromatic heterocycles. The molecule has 0 radical (unpaired) electrons. The van der Waals surface area contributed by atoms with Crippen LogP contribution in [0.5, 0.6) is 0 Å². The summed E-state index contributed by atoms with van der Waals surface area (Å²) in [5.74, 6) is -0.294. The lowest BCUT2D eigenvalue weighted by atomic mass is 9.57. The summed E-state index contributed by atoms with van der Waals surface area (Å²) in [6, 6.07) is 17.7. The molecule has 0 saturated heterocycles. The van der Waals surface area contributed by atoms with Crippen molar-refractivity contribution in [1.82, 2.24) is 0 Å². The fraction of sp³-hybridized carbons (Fsp3) is 0.409. The van der Waals surface area contributed by atoms with Gasteiger partial charge in [0, 0.05) is 11.6 Å². The second-order valence-corrected chi connectivity index (χ2v) is 7.51. The van der Waals surface area contributed by atoms with E-state index in [9.17, 15) is 15.0 Å². The molecule has 3 N–H and O–H groups in total. The van der Waals surface area contributed by atoms with Gasteiger partial charge in [-0.3, -0.25) is 4.79 Å². The molecule has 2 aliphatic rings. The molecule has 2 unspecified atom stereocenters. The van der Waals surface area contributed by atoms with Crippen molar-refractivity contribution < 1.29 is 15.0 Å². The molecule has 0 bridgehead atoms. The topological polar surface area (TPSA) is 69.6 Å². The number of benzene rings is 2. The van der Waals surface area contributed by atoms with Gasteiger partial charge in [0.1, 0.15) is 0 Å². The highest BCUT2D eigenvalue weighted by Crippen LogP contribution is 2.55. The fourth-order valence-corrected chi connectivity index (χ4v) is 5.15. The average Bonchev–Trinajstić information content (AvgIpc) is 2.96. The van der Waals surface area contributed by atoms with Crippen molar-refractivity contribution in [2.45, 2.75) is 43.1 Å². The van der Waals surface area contributed by atoms with Crippen LogP contribution in [0.4, 0.5) is 5.69 Å². The van der Waals surface area contributed by atoms with E-state index in [1.807, 2.05) is 54.6 Å². The van der Waals surface area contributed by atoms with Crippen molar-refractivity contribution in [1.29, 1.82) is 0 Å². The molecule has 1 aliphatic heterocycles. The molecule has 136 valence electrons. The van der Waals surface area contributed by atoms with E-state index in [0.29, 0.717) is 0 Å². The van der Waals surface area contributed by atoms with Gasteiger partial charge in [-0.25, -0.2) is 0 Å². The lowest BCUT2D eigenvalue weighted by Crippen LogP contribution is -2.49. The van der Waals surface area contributed by atoms with E-state index in [1.165, 1.54) is 0 Å². The van der Waals surface area contributed by atoms with Gasteiger partial charge in [-0.15, -0.1) is 0 Å². The Morgan fingerprint density at radius 3 is 2.58 bits per heavy atom. The van der Waals surface area contributed by atoms with Gasteiger partial charge in [0.15, 0.2) is 0 Å². The molecule has 4 atom stereocenters. The normalized spacial score (nSPS) is 27.0. The fourth-order valence-electron chi connectivity index (χ4n) is 5.15. The minimum Gasteiger partial charge on any atom is -0.394 e. The number of aliphatic hydroxyl groups excluding tert-OH is 2. The summed E-state index contributed by atoms with van der Waals surface area (Å²) in [4.78, 5) is 13.2. The molecule has 1 spiro atoms. The monoisotopic (exact) mass is 351 g/mol. The zero-order chi connectivity index (χ0) is 18.1. The Morgan fingerprint density at radius 1 is 1.08 bits per heavy atom. The van der Waals surface area contributed by atoms with Gasteiger partial charge in [0.05, 0.1) is 18.1 Å². The first-order valence-electron chi connectivity index (χ1n) is 9.43. The molecule has 26 heavy (non-hydrogen) atoms. The Bertz CT molecular complexity index is 791. The van der Waals surface area contributed by atoms with Gasteiger partial charge in [0.2, 0.25) is 5.91 Å². The number of para-hydroxylation sites is 1. The highest BCUT2D eigenvalue weighted by molar-refractivity contribution is 6.06. The summed E-state index contributed by atoms with van der Waals surface area (Å²) in [5.41, 5.74) is 2.28. The Labute approximate surface area is 153 Å². The number of nitrogens with one attached hydrogen (secondary N) is 1. The summed E-state index contributed by atoms with van der Waals surface area (Å²) >= 11 is 0. The first-order valence-corrected chi connectivity index (χ1v) is 9.43. The summed E-state index contributed by atoms with van der Waals surface area (Å²) in [7, 11) is 0. The van der Waals surface area contributed by atoms with Gasteiger partial charge < -0.3 is 15.5 Å². The third-order valence-electron chi connectivity index (χ3n) is 6.25. The summed E-state index contributed by atoms with van der Waals surface area (Å²) in [5, 5.41) is 23.5. The number of fused-ring (bicyclic) bond motifs is 2. The molecule has 2 aromatic carbocycles. The number of amides is 1. The Kier molecular flexibility index (Phi) is 4.55. The van der Waals surface area contributed by atoms with Crippen molar-refractivity contribution in [2.75, 3.05) is 11.9 Å². The Morgan fingerprint density at radius 2 is 1.81 bits per heavy atom. The zero-order valence-corrected chi connectivity index (χ0v) is 14.8. The smallest absolute Gasteiger partial charge is 0.235 e. The van der Waals surface area contributed by atoms with Crippen molar-refractivity contribution >= 4 is 11.6 Å². The van der Waals surface area contributed by atoms with Crippen molar-refractivity contribution in [2.24, 2.45) is 5.92 Å². The van der Waals surface area contributed by atoms with Crippen molar-refractivity contribution in [3.8, 4) is 0 Å².